The van der Waals surface area contributed by atoms with E-state index >= 15 is 0 Å². The number of unbranched alkanes of at least 4 members (excludes halogenated alkanes) is 1. The van der Waals surface area contributed by atoms with Crippen LogP contribution in [-0.4, -0.2) is 44.3 Å². The second-order valence-corrected chi connectivity index (χ2v) is 11.6. The highest BCUT2D eigenvalue weighted by Gasteiger charge is 2.32. The van der Waals surface area contributed by atoms with Crippen molar-refractivity contribution in [2.24, 2.45) is 0 Å². The number of carbonyl (C=O) groups is 2. The molecule has 1 atom stereocenters. The van der Waals surface area contributed by atoms with Gasteiger partial charge in [0.15, 0.2) is 0 Å². The lowest BCUT2D eigenvalue weighted by Crippen LogP contribution is -2.51. The molecule has 0 radical (unpaired) electrons. The Labute approximate surface area is 238 Å². The summed E-state index contributed by atoms with van der Waals surface area (Å²) in [5.74, 6) is -1.59. The van der Waals surface area contributed by atoms with Crippen LogP contribution >= 0.6 is 23.2 Å². The van der Waals surface area contributed by atoms with Gasteiger partial charge in [-0.15, -0.1) is 0 Å². The molecular formula is C28H30Cl2FN3O4S. The molecule has 0 bridgehead atoms. The maximum absolute atomic E-state index is 13.8. The number of halogens is 3. The van der Waals surface area contributed by atoms with Crippen molar-refractivity contribution in [3.8, 4) is 0 Å². The Morgan fingerprint density at radius 2 is 1.67 bits per heavy atom. The van der Waals surface area contributed by atoms with Gasteiger partial charge in [0, 0.05) is 23.1 Å². The van der Waals surface area contributed by atoms with Gasteiger partial charge in [-0.25, -0.2) is 12.8 Å². The zero-order chi connectivity index (χ0) is 28.6. The minimum Gasteiger partial charge on any atom is -0.354 e. The van der Waals surface area contributed by atoms with E-state index in [0.717, 1.165) is 29.3 Å². The largest absolute Gasteiger partial charge is 0.354 e. The summed E-state index contributed by atoms with van der Waals surface area (Å²) in [7, 11) is -4.23. The minimum atomic E-state index is -4.23. The molecule has 0 heterocycles. The van der Waals surface area contributed by atoms with Crippen molar-refractivity contribution < 1.29 is 22.4 Å². The number of rotatable bonds is 12. The second-order valence-electron chi connectivity index (χ2n) is 8.88. The molecule has 3 rings (SSSR count). The normalized spacial score (nSPS) is 12.0. The van der Waals surface area contributed by atoms with Crippen LogP contribution in [0, 0.1) is 5.82 Å². The van der Waals surface area contributed by atoms with Gasteiger partial charge in [-0.05, 0) is 67.4 Å². The van der Waals surface area contributed by atoms with Crippen LogP contribution < -0.4 is 9.62 Å². The standard InChI is InChI=1S/C28H30Cl2FN3O4S/c1-3-4-16-32-28(36)20(2)33(18-21-10-11-22(29)17-26(21)30)27(35)19-34(24-14-12-23(31)13-15-24)39(37,38)25-8-6-5-7-9-25/h5-15,17,20H,3-4,16,18-19H2,1-2H3,(H,32,36)/t20-/m0/s1. The predicted molar refractivity (Wildman–Crippen MR) is 152 cm³/mol. The first kappa shape index (κ1) is 30.4. The number of anilines is 1. The first-order valence-electron chi connectivity index (χ1n) is 12.4. The number of nitrogens with zero attached hydrogens (tertiary/aromatic N) is 2. The molecule has 2 amide bonds. The zero-order valence-corrected chi connectivity index (χ0v) is 23.9. The van der Waals surface area contributed by atoms with Crippen LogP contribution in [-0.2, 0) is 26.2 Å². The third kappa shape index (κ3) is 7.94. The molecule has 0 aliphatic rings. The van der Waals surface area contributed by atoms with E-state index in [1.807, 2.05) is 6.92 Å². The Balaban J connectivity index is 2.00. The van der Waals surface area contributed by atoms with Gasteiger partial charge in [0.25, 0.3) is 10.0 Å². The van der Waals surface area contributed by atoms with Gasteiger partial charge < -0.3 is 10.2 Å². The molecule has 0 spiro atoms. The topological polar surface area (TPSA) is 86.8 Å². The first-order chi connectivity index (χ1) is 18.5. The van der Waals surface area contributed by atoms with Crippen molar-refractivity contribution in [1.29, 1.82) is 0 Å². The predicted octanol–water partition coefficient (Wildman–Crippen LogP) is 5.66. The molecule has 0 unspecified atom stereocenters. The minimum absolute atomic E-state index is 0.0419. The molecular weight excluding hydrogens is 564 g/mol. The summed E-state index contributed by atoms with van der Waals surface area (Å²) in [5.41, 5.74) is 0.625. The van der Waals surface area contributed by atoms with Gasteiger partial charge in [0.2, 0.25) is 11.8 Å². The maximum atomic E-state index is 13.8. The lowest BCUT2D eigenvalue weighted by Gasteiger charge is -2.32. The Morgan fingerprint density at radius 3 is 2.28 bits per heavy atom. The summed E-state index contributed by atoms with van der Waals surface area (Å²) in [6.07, 6.45) is 1.64. The summed E-state index contributed by atoms with van der Waals surface area (Å²) in [6, 6.07) is 16.2. The molecule has 3 aromatic carbocycles. The molecule has 7 nitrogen and oxygen atoms in total. The zero-order valence-electron chi connectivity index (χ0n) is 21.6. The number of hydrogen-bond donors (Lipinski definition) is 1. The van der Waals surface area contributed by atoms with E-state index in [-0.39, 0.29) is 23.0 Å². The van der Waals surface area contributed by atoms with E-state index in [1.165, 1.54) is 35.2 Å². The SMILES string of the molecule is CCCCNC(=O)[C@H](C)N(Cc1ccc(Cl)cc1Cl)C(=O)CN(c1ccc(F)cc1)S(=O)(=O)c1ccccc1. The van der Waals surface area contributed by atoms with Gasteiger partial charge in [0.1, 0.15) is 18.4 Å². The van der Waals surface area contributed by atoms with Crippen LogP contribution in [0.3, 0.4) is 0 Å². The molecule has 0 saturated heterocycles. The fourth-order valence-corrected chi connectivity index (χ4v) is 5.71. The van der Waals surface area contributed by atoms with Crippen LogP contribution in [0.4, 0.5) is 10.1 Å². The Morgan fingerprint density at radius 1 is 1.00 bits per heavy atom. The number of amides is 2. The third-order valence-electron chi connectivity index (χ3n) is 6.08. The van der Waals surface area contributed by atoms with E-state index < -0.39 is 34.3 Å². The number of sulfonamides is 1. The highest BCUT2D eigenvalue weighted by Crippen LogP contribution is 2.26. The average Bonchev–Trinajstić information content (AvgIpc) is 2.92. The molecule has 0 aliphatic heterocycles. The van der Waals surface area contributed by atoms with Gasteiger partial charge in [-0.1, -0.05) is 60.8 Å². The van der Waals surface area contributed by atoms with Crippen molar-refractivity contribution >= 4 is 50.7 Å². The summed E-state index contributed by atoms with van der Waals surface area (Å²) < 4.78 is 41.9. The monoisotopic (exact) mass is 593 g/mol. The van der Waals surface area contributed by atoms with E-state index in [9.17, 15) is 22.4 Å². The van der Waals surface area contributed by atoms with Crippen molar-refractivity contribution in [3.63, 3.8) is 0 Å². The molecule has 0 aromatic heterocycles. The van der Waals surface area contributed by atoms with E-state index in [1.54, 1.807) is 37.3 Å². The van der Waals surface area contributed by atoms with E-state index in [2.05, 4.69) is 5.32 Å². The van der Waals surface area contributed by atoms with Crippen LogP contribution in [0.5, 0.6) is 0 Å². The molecule has 3 aromatic rings. The Kier molecular flexibility index (Phi) is 10.7. The smallest absolute Gasteiger partial charge is 0.264 e. The summed E-state index contributed by atoms with van der Waals surface area (Å²) in [5, 5.41) is 3.52. The number of nitrogens with one attached hydrogen (secondary N) is 1. The molecule has 1 N–H and O–H groups in total. The Bertz CT molecular complexity index is 1390. The summed E-state index contributed by atoms with van der Waals surface area (Å²) >= 11 is 12.4. The van der Waals surface area contributed by atoms with Gasteiger partial charge >= 0.3 is 0 Å². The number of hydrogen-bond acceptors (Lipinski definition) is 4. The summed E-state index contributed by atoms with van der Waals surface area (Å²) in [4.78, 5) is 28.0. The van der Waals surface area contributed by atoms with Crippen molar-refractivity contribution in [3.05, 3.63) is 94.2 Å². The first-order valence-corrected chi connectivity index (χ1v) is 14.6. The van der Waals surface area contributed by atoms with Crippen molar-refractivity contribution in [2.75, 3.05) is 17.4 Å². The third-order valence-corrected chi connectivity index (χ3v) is 8.45. The quantitative estimate of drug-likeness (QED) is 0.274. The molecule has 208 valence electrons. The molecule has 39 heavy (non-hydrogen) atoms. The van der Waals surface area contributed by atoms with E-state index in [4.69, 9.17) is 23.2 Å². The summed E-state index contributed by atoms with van der Waals surface area (Å²) in [6.45, 7) is 3.29. The molecule has 0 saturated carbocycles. The van der Waals surface area contributed by atoms with E-state index in [0.29, 0.717) is 22.2 Å². The number of benzene rings is 3. The second kappa shape index (κ2) is 13.8. The number of carbonyl (C=O) groups excluding carboxylic acids is 2. The highest BCUT2D eigenvalue weighted by molar-refractivity contribution is 7.92. The lowest BCUT2D eigenvalue weighted by molar-refractivity contribution is -0.139. The average molecular weight is 595 g/mol. The molecule has 11 heteroatoms. The highest BCUT2D eigenvalue weighted by atomic mass is 35.5. The van der Waals surface area contributed by atoms with Crippen molar-refractivity contribution in [1.82, 2.24) is 10.2 Å². The molecule has 0 fully saturated rings. The fraction of sp³-hybridized carbons (Fsp3) is 0.286. The van der Waals surface area contributed by atoms with Crippen molar-refractivity contribution in [2.45, 2.75) is 44.2 Å². The lowest BCUT2D eigenvalue weighted by atomic mass is 10.1. The Hall–Kier alpha value is -3.14. The molecule has 0 aliphatic carbocycles. The fourth-order valence-electron chi connectivity index (χ4n) is 3.81. The van der Waals surface area contributed by atoms with Crippen LogP contribution in [0.25, 0.3) is 0 Å². The maximum Gasteiger partial charge on any atom is 0.264 e. The van der Waals surface area contributed by atoms with Crippen LogP contribution in [0.15, 0.2) is 77.7 Å². The van der Waals surface area contributed by atoms with Crippen LogP contribution in [0.1, 0.15) is 32.3 Å². The van der Waals surface area contributed by atoms with Gasteiger partial charge in [-0.2, -0.15) is 0 Å². The van der Waals surface area contributed by atoms with Crippen LogP contribution in [0.2, 0.25) is 10.0 Å². The van der Waals surface area contributed by atoms with Gasteiger partial charge in [-0.3, -0.25) is 13.9 Å². The van der Waals surface area contributed by atoms with Gasteiger partial charge in [0.05, 0.1) is 10.6 Å².